The molecule has 0 atom stereocenters. The summed E-state index contributed by atoms with van der Waals surface area (Å²) in [5.74, 6) is 5.75. The maximum atomic E-state index is 12.5. The van der Waals surface area contributed by atoms with Crippen molar-refractivity contribution in [3.63, 3.8) is 0 Å². The lowest BCUT2D eigenvalue weighted by Gasteiger charge is -2.07. The van der Waals surface area contributed by atoms with Gasteiger partial charge >= 0.3 is 6.18 Å². The van der Waals surface area contributed by atoms with Crippen molar-refractivity contribution < 1.29 is 13.2 Å². The molecule has 0 saturated carbocycles. The van der Waals surface area contributed by atoms with E-state index >= 15 is 0 Å². The van der Waals surface area contributed by atoms with Crippen molar-refractivity contribution >= 4 is 11.6 Å². The smallest absolute Gasteiger partial charge is 0.166 e. The lowest BCUT2D eigenvalue weighted by atomic mass is 10.1. The monoisotopic (exact) mass is 246 g/mol. The molecule has 0 fully saturated rings. The Morgan fingerprint density at radius 2 is 1.94 bits per heavy atom. The summed E-state index contributed by atoms with van der Waals surface area (Å²) < 4.78 is 37.4. The Kier molecular flexibility index (Phi) is 4.26. The summed E-state index contributed by atoms with van der Waals surface area (Å²) in [6.07, 6.45) is -3.86. The summed E-state index contributed by atoms with van der Waals surface area (Å²) in [5.41, 5.74) is 0.255. The van der Waals surface area contributed by atoms with Crippen LogP contribution in [0.3, 0.4) is 0 Å². The normalized spacial score (nSPS) is 10.8. The van der Waals surface area contributed by atoms with Gasteiger partial charge in [-0.1, -0.05) is 11.8 Å². The molecule has 0 aliphatic carbocycles. The molecule has 0 saturated heterocycles. The van der Waals surface area contributed by atoms with E-state index in [1.807, 2.05) is 0 Å². The van der Waals surface area contributed by atoms with Crippen molar-refractivity contribution in [2.45, 2.75) is 19.5 Å². The molecular formula is C12H10ClF3. The molecule has 0 aliphatic rings. The maximum absolute atomic E-state index is 12.5. The Bertz CT molecular complexity index is 424. The fraction of sp³-hybridized carbons (Fsp3) is 0.333. The highest BCUT2D eigenvalue weighted by molar-refractivity contribution is 6.18. The first kappa shape index (κ1) is 12.9. The van der Waals surface area contributed by atoms with Crippen LogP contribution in [-0.2, 0) is 6.18 Å². The van der Waals surface area contributed by atoms with Crippen molar-refractivity contribution in [2.24, 2.45) is 0 Å². The highest BCUT2D eigenvalue weighted by atomic mass is 35.5. The highest BCUT2D eigenvalue weighted by Gasteiger charge is 2.30. The molecule has 4 heteroatoms. The van der Waals surface area contributed by atoms with Crippen LogP contribution in [0.2, 0.25) is 0 Å². The molecular weight excluding hydrogens is 237 g/mol. The van der Waals surface area contributed by atoms with Gasteiger partial charge in [-0.05, 0) is 30.7 Å². The molecule has 0 aromatic heterocycles. The standard InChI is InChI=1S/C12H10ClF3/c1-9-6-10(4-2-3-5-13)8-11(7-9)12(14,15)16/h6-8H,3,5H2,1H3. The van der Waals surface area contributed by atoms with E-state index in [4.69, 9.17) is 11.6 Å². The van der Waals surface area contributed by atoms with Crippen molar-refractivity contribution in [1.29, 1.82) is 0 Å². The van der Waals surface area contributed by atoms with Crippen LogP contribution in [0.1, 0.15) is 23.1 Å². The summed E-state index contributed by atoms with van der Waals surface area (Å²) >= 11 is 5.42. The SMILES string of the molecule is Cc1cc(C#CCCCl)cc(C(F)(F)F)c1. The van der Waals surface area contributed by atoms with Crippen molar-refractivity contribution in [3.05, 3.63) is 34.9 Å². The Hall–Kier alpha value is -1.14. The number of benzene rings is 1. The summed E-state index contributed by atoms with van der Waals surface area (Å²) in [6.45, 7) is 1.61. The van der Waals surface area contributed by atoms with E-state index in [1.165, 1.54) is 0 Å². The zero-order chi connectivity index (χ0) is 12.2. The van der Waals surface area contributed by atoms with Crippen LogP contribution in [0.5, 0.6) is 0 Å². The van der Waals surface area contributed by atoms with Crippen LogP contribution in [0.25, 0.3) is 0 Å². The number of hydrogen-bond donors (Lipinski definition) is 0. The van der Waals surface area contributed by atoms with Crippen molar-refractivity contribution in [2.75, 3.05) is 5.88 Å². The van der Waals surface area contributed by atoms with Gasteiger partial charge in [-0.25, -0.2) is 0 Å². The largest absolute Gasteiger partial charge is 0.416 e. The van der Waals surface area contributed by atoms with Gasteiger partial charge in [0.25, 0.3) is 0 Å². The average molecular weight is 247 g/mol. The number of aryl methyl sites for hydroxylation is 1. The van der Waals surface area contributed by atoms with Crippen LogP contribution in [0, 0.1) is 18.8 Å². The van der Waals surface area contributed by atoms with Crippen LogP contribution in [0.15, 0.2) is 18.2 Å². The molecule has 1 rings (SSSR count). The topological polar surface area (TPSA) is 0 Å². The van der Waals surface area contributed by atoms with Crippen LogP contribution < -0.4 is 0 Å². The Morgan fingerprint density at radius 3 is 2.50 bits per heavy atom. The van der Waals surface area contributed by atoms with E-state index in [0.29, 0.717) is 23.4 Å². The lowest BCUT2D eigenvalue weighted by molar-refractivity contribution is -0.137. The second-order valence-electron chi connectivity index (χ2n) is 3.33. The van der Waals surface area contributed by atoms with E-state index in [1.54, 1.807) is 13.0 Å². The van der Waals surface area contributed by atoms with Crippen LogP contribution in [0.4, 0.5) is 13.2 Å². The van der Waals surface area contributed by atoms with Crippen molar-refractivity contribution in [1.82, 2.24) is 0 Å². The van der Waals surface area contributed by atoms with Gasteiger partial charge in [-0.15, -0.1) is 11.6 Å². The zero-order valence-corrected chi connectivity index (χ0v) is 9.41. The average Bonchev–Trinajstić information content (AvgIpc) is 2.16. The molecule has 0 N–H and O–H groups in total. The molecule has 1 aromatic carbocycles. The molecule has 0 radical (unpaired) electrons. The van der Waals surface area contributed by atoms with Gasteiger partial charge < -0.3 is 0 Å². The van der Waals surface area contributed by atoms with Crippen molar-refractivity contribution in [3.8, 4) is 11.8 Å². The number of rotatable bonds is 1. The molecule has 0 spiro atoms. The summed E-state index contributed by atoms with van der Waals surface area (Å²) in [5, 5.41) is 0. The third-order valence-electron chi connectivity index (χ3n) is 1.86. The molecule has 0 heterocycles. The number of hydrogen-bond acceptors (Lipinski definition) is 0. The van der Waals surface area contributed by atoms with E-state index in [9.17, 15) is 13.2 Å². The first-order chi connectivity index (χ1) is 7.43. The van der Waals surface area contributed by atoms with E-state index in [2.05, 4.69) is 11.8 Å². The minimum Gasteiger partial charge on any atom is -0.166 e. The number of alkyl halides is 4. The molecule has 0 bridgehead atoms. The summed E-state index contributed by atoms with van der Waals surface area (Å²) in [7, 11) is 0. The maximum Gasteiger partial charge on any atom is 0.416 e. The minimum absolute atomic E-state index is 0.373. The fourth-order valence-corrected chi connectivity index (χ4v) is 1.33. The first-order valence-corrected chi connectivity index (χ1v) is 5.20. The van der Waals surface area contributed by atoms with E-state index < -0.39 is 11.7 Å². The quantitative estimate of drug-likeness (QED) is 0.519. The molecule has 0 aliphatic heterocycles. The Morgan fingerprint density at radius 1 is 1.25 bits per heavy atom. The number of halogens is 4. The third-order valence-corrected chi connectivity index (χ3v) is 2.05. The molecule has 0 unspecified atom stereocenters. The van der Waals surface area contributed by atoms with Gasteiger partial charge in [-0.2, -0.15) is 13.2 Å². The predicted octanol–water partition coefficient (Wildman–Crippen LogP) is 3.99. The third kappa shape index (κ3) is 3.79. The van der Waals surface area contributed by atoms with Gasteiger partial charge in [0.1, 0.15) is 0 Å². The van der Waals surface area contributed by atoms with Gasteiger partial charge in [0.05, 0.1) is 5.56 Å². The molecule has 16 heavy (non-hydrogen) atoms. The van der Waals surface area contributed by atoms with Crippen LogP contribution >= 0.6 is 11.6 Å². The van der Waals surface area contributed by atoms with Crippen LogP contribution in [-0.4, -0.2) is 5.88 Å². The summed E-state index contributed by atoms with van der Waals surface area (Å²) in [4.78, 5) is 0. The fourth-order valence-electron chi connectivity index (χ4n) is 1.23. The van der Waals surface area contributed by atoms with E-state index in [0.717, 1.165) is 12.1 Å². The minimum atomic E-state index is -4.32. The zero-order valence-electron chi connectivity index (χ0n) is 8.66. The summed E-state index contributed by atoms with van der Waals surface area (Å²) in [6, 6.07) is 3.78. The second-order valence-corrected chi connectivity index (χ2v) is 3.70. The molecule has 86 valence electrons. The predicted molar refractivity (Wildman–Crippen MR) is 58.4 cm³/mol. The second kappa shape index (κ2) is 5.27. The highest BCUT2D eigenvalue weighted by Crippen LogP contribution is 2.30. The molecule has 0 amide bonds. The van der Waals surface area contributed by atoms with Gasteiger partial charge in [0, 0.05) is 17.9 Å². The molecule has 1 aromatic rings. The van der Waals surface area contributed by atoms with Gasteiger partial charge in [-0.3, -0.25) is 0 Å². The van der Waals surface area contributed by atoms with E-state index in [-0.39, 0.29) is 0 Å². The van der Waals surface area contributed by atoms with Gasteiger partial charge in [0.15, 0.2) is 0 Å². The lowest BCUT2D eigenvalue weighted by Crippen LogP contribution is -2.05. The molecule has 0 nitrogen and oxygen atoms in total. The first-order valence-electron chi connectivity index (χ1n) is 4.67. The van der Waals surface area contributed by atoms with Gasteiger partial charge in [0.2, 0.25) is 0 Å². The Labute approximate surface area is 97.4 Å². The Balaban J connectivity index is 3.05.